The molecule has 0 aromatic heterocycles. The molecule has 2 aliphatic heterocycles. The predicted molar refractivity (Wildman–Crippen MR) is 202 cm³/mol. The third-order valence-electron chi connectivity index (χ3n) is 10.3. The molecule has 2 aromatic rings. The number of sulfonamides is 1. The van der Waals surface area contributed by atoms with Crippen LogP contribution in [0.2, 0.25) is 5.02 Å². The van der Waals surface area contributed by atoms with Gasteiger partial charge in [-0.05, 0) is 99.9 Å². The van der Waals surface area contributed by atoms with E-state index in [0.717, 1.165) is 66.7 Å². The van der Waals surface area contributed by atoms with E-state index in [1.807, 2.05) is 24.3 Å². The summed E-state index contributed by atoms with van der Waals surface area (Å²) in [4.78, 5) is 41.0. The average Bonchev–Trinajstić information content (AvgIpc) is 3.52. The second-order valence-corrected chi connectivity index (χ2v) is 17.0. The van der Waals surface area contributed by atoms with Gasteiger partial charge in [0.15, 0.2) is 0 Å². The summed E-state index contributed by atoms with van der Waals surface area (Å²) < 4.78 is 37.8. The van der Waals surface area contributed by atoms with E-state index >= 15 is 0 Å². The Hall–Kier alpha value is -2.88. The molecule has 1 saturated heterocycles. The number of likely N-dealkylation sites (tertiary alicyclic amines) is 1. The zero-order valence-electron chi connectivity index (χ0n) is 30.2. The Bertz CT molecular complexity index is 1680. The number of anilines is 1. The minimum atomic E-state index is -3.89. The summed E-state index contributed by atoms with van der Waals surface area (Å²) in [5.74, 6) is -1.52. The Labute approximate surface area is 316 Å². The highest BCUT2D eigenvalue weighted by atomic mass is 35.5. The third kappa shape index (κ3) is 10.00. The van der Waals surface area contributed by atoms with E-state index in [2.05, 4.69) is 27.0 Å². The number of hydrogen-bond donors (Lipinski definition) is 5. The first-order valence-electron chi connectivity index (χ1n) is 18.5. The standard InChI is InChI=1S/C37H52ClN5O7S2/c1-4-6-14-34-41-29-20-27(38)33(21-32(29)51-42-34)52(48,49)39-22-25-17-15-24(16-18-25)10-9-12-28(37(47)50-5-2)40-23(3)35(44)43-30-13-8-7-11-26(30)19-31(43)36(45)46/h15-18,20-21,23,26,28,30-31,34,39-42H,4-14,19,22H2,1-3H3,(H,45,46)/t23-,26+,28-,30+,31-,34?/m0/s1. The van der Waals surface area contributed by atoms with Gasteiger partial charge < -0.3 is 20.1 Å². The fraction of sp³-hybridized carbons (Fsp3) is 0.595. The summed E-state index contributed by atoms with van der Waals surface area (Å²) in [5.41, 5.74) is 2.60. The summed E-state index contributed by atoms with van der Waals surface area (Å²) in [7, 11) is -3.89. The van der Waals surface area contributed by atoms with Crippen LogP contribution in [0.1, 0.15) is 96.1 Å². The highest BCUT2D eigenvalue weighted by Crippen LogP contribution is 2.40. The first-order valence-corrected chi connectivity index (χ1v) is 21.2. The predicted octanol–water partition coefficient (Wildman–Crippen LogP) is 5.83. The molecule has 0 bridgehead atoms. The van der Waals surface area contributed by atoms with Crippen LogP contribution in [0.5, 0.6) is 0 Å². The van der Waals surface area contributed by atoms with Gasteiger partial charge in [0.1, 0.15) is 17.0 Å². The maximum atomic E-state index is 13.7. The molecule has 1 amide bonds. The molecule has 5 rings (SSSR count). The zero-order chi connectivity index (χ0) is 37.4. The van der Waals surface area contributed by atoms with Gasteiger partial charge in [0.05, 0.1) is 29.5 Å². The molecular formula is C37H52ClN5O7S2. The van der Waals surface area contributed by atoms with Crippen LogP contribution >= 0.6 is 23.5 Å². The summed E-state index contributed by atoms with van der Waals surface area (Å²) >= 11 is 7.86. The SMILES string of the molecule is CCCCC1NSc2cc(S(=O)(=O)NCc3ccc(CCC[C@H](N[C@@H](C)C(=O)N4[C@@H]5CCCC[C@@H]5C[C@H]4C(=O)O)C(=O)OCC)cc3)c(Cl)cc2N1. The van der Waals surface area contributed by atoms with Crippen LogP contribution in [0, 0.1) is 5.92 Å². The van der Waals surface area contributed by atoms with E-state index in [1.165, 1.54) is 11.9 Å². The van der Waals surface area contributed by atoms with Crippen molar-refractivity contribution in [1.82, 2.24) is 19.7 Å². The Morgan fingerprint density at radius 2 is 1.83 bits per heavy atom. The minimum absolute atomic E-state index is 0.0220. The molecule has 2 aromatic carbocycles. The van der Waals surface area contributed by atoms with Crippen molar-refractivity contribution in [2.75, 3.05) is 11.9 Å². The van der Waals surface area contributed by atoms with Crippen LogP contribution in [0.3, 0.4) is 0 Å². The molecule has 12 nitrogen and oxygen atoms in total. The number of esters is 1. The lowest BCUT2D eigenvalue weighted by Crippen LogP contribution is -2.55. The molecule has 15 heteroatoms. The number of carboxylic acid groups (broad SMARTS) is 1. The van der Waals surface area contributed by atoms with E-state index in [1.54, 1.807) is 30.9 Å². The summed E-state index contributed by atoms with van der Waals surface area (Å²) in [6.45, 7) is 5.84. The van der Waals surface area contributed by atoms with Gasteiger partial charge in [-0.25, -0.2) is 22.7 Å². The van der Waals surface area contributed by atoms with Crippen molar-refractivity contribution in [3.05, 3.63) is 52.5 Å². The number of carbonyl (C=O) groups is 3. The molecule has 6 atom stereocenters. The molecule has 0 spiro atoms. The van der Waals surface area contributed by atoms with Gasteiger partial charge in [-0.2, -0.15) is 0 Å². The van der Waals surface area contributed by atoms with Crippen molar-refractivity contribution >= 4 is 57.1 Å². The van der Waals surface area contributed by atoms with Crippen molar-refractivity contribution < 1.29 is 32.6 Å². The van der Waals surface area contributed by atoms with Gasteiger partial charge in [0.25, 0.3) is 0 Å². The van der Waals surface area contributed by atoms with E-state index < -0.39 is 40.1 Å². The quantitative estimate of drug-likeness (QED) is 0.0969. The fourth-order valence-electron chi connectivity index (χ4n) is 7.53. The van der Waals surface area contributed by atoms with E-state index in [-0.39, 0.29) is 47.1 Å². The van der Waals surface area contributed by atoms with Gasteiger partial charge in [0, 0.05) is 17.5 Å². The number of aryl methyl sites for hydroxylation is 1. The molecule has 52 heavy (non-hydrogen) atoms. The van der Waals surface area contributed by atoms with Crippen LogP contribution in [0.4, 0.5) is 5.69 Å². The fourth-order valence-corrected chi connectivity index (χ4v) is 10.0. The summed E-state index contributed by atoms with van der Waals surface area (Å²) in [6.07, 6.45) is 9.10. The van der Waals surface area contributed by atoms with Crippen LogP contribution in [0.25, 0.3) is 0 Å². The summed E-state index contributed by atoms with van der Waals surface area (Å²) in [6, 6.07) is 8.42. The smallest absolute Gasteiger partial charge is 0.326 e. The van der Waals surface area contributed by atoms with Crippen molar-refractivity contribution in [3.63, 3.8) is 0 Å². The number of rotatable bonds is 17. The number of halogens is 1. The first kappa shape index (κ1) is 40.3. The molecule has 1 aliphatic carbocycles. The second kappa shape index (κ2) is 18.4. The first-order chi connectivity index (χ1) is 24.9. The Kier molecular flexibility index (Phi) is 14.3. The topological polar surface area (TPSA) is 166 Å². The van der Waals surface area contributed by atoms with Crippen molar-refractivity contribution in [3.8, 4) is 0 Å². The number of hydrogen-bond acceptors (Lipinski definition) is 10. The van der Waals surface area contributed by atoms with Crippen molar-refractivity contribution in [2.45, 2.75) is 138 Å². The molecule has 1 saturated carbocycles. The van der Waals surface area contributed by atoms with Gasteiger partial charge in [-0.15, -0.1) is 0 Å². The number of nitrogens with zero attached hydrogens (tertiary/aromatic N) is 1. The largest absolute Gasteiger partial charge is 0.480 e. The Balaban J connectivity index is 1.14. The Morgan fingerprint density at radius 1 is 1.10 bits per heavy atom. The summed E-state index contributed by atoms with van der Waals surface area (Å²) in [5, 5.41) is 16.6. The maximum Gasteiger partial charge on any atom is 0.326 e. The average molecular weight is 778 g/mol. The van der Waals surface area contributed by atoms with Gasteiger partial charge in [-0.3, -0.25) is 14.9 Å². The second-order valence-electron chi connectivity index (χ2n) is 14.0. The number of carboxylic acids is 1. The number of benzene rings is 2. The number of ether oxygens (including phenoxy) is 1. The van der Waals surface area contributed by atoms with Gasteiger partial charge >= 0.3 is 11.9 Å². The highest BCUT2D eigenvalue weighted by Gasteiger charge is 2.48. The van der Waals surface area contributed by atoms with E-state index in [4.69, 9.17) is 16.3 Å². The number of nitrogens with one attached hydrogen (secondary N) is 4. The molecule has 1 unspecified atom stereocenters. The van der Waals surface area contributed by atoms with Crippen molar-refractivity contribution in [2.24, 2.45) is 5.92 Å². The monoisotopic (exact) mass is 777 g/mol. The third-order valence-corrected chi connectivity index (χ3v) is 13.1. The molecule has 2 heterocycles. The lowest BCUT2D eigenvalue weighted by molar-refractivity contribution is -0.152. The number of amides is 1. The number of fused-ring (bicyclic) bond motifs is 2. The normalized spacial score (nSPS) is 22.5. The number of aliphatic carboxylic acids is 1. The van der Waals surface area contributed by atoms with Crippen LogP contribution in [-0.4, -0.2) is 73.2 Å². The van der Waals surface area contributed by atoms with E-state index in [9.17, 15) is 27.9 Å². The highest BCUT2D eigenvalue weighted by molar-refractivity contribution is 7.97. The van der Waals surface area contributed by atoms with Crippen LogP contribution in [-0.2, 0) is 42.1 Å². The van der Waals surface area contributed by atoms with Crippen molar-refractivity contribution in [1.29, 1.82) is 0 Å². The zero-order valence-corrected chi connectivity index (χ0v) is 32.5. The number of unbranched alkanes of at least 4 members (excludes halogenated alkanes) is 1. The molecule has 3 aliphatic rings. The Morgan fingerprint density at radius 3 is 2.54 bits per heavy atom. The maximum absolute atomic E-state index is 13.7. The van der Waals surface area contributed by atoms with Gasteiger partial charge in [0.2, 0.25) is 15.9 Å². The molecular weight excluding hydrogens is 726 g/mol. The van der Waals surface area contributed by atoms with Gasteiger partial charge in [-0.1, -0.05) is 68.5 Å². The molecule has 2 fully saturated rings. The lowest BCUT2D eigenvalue weighted by Gasteiger charge is -2.35. The van der Waals surface area contributed by atoms with Crippen LogP contribution in [0.15, 0.2) is 46.2 Å². The molecule has 5 N–H and O–H groups in total. The van der Waals surface area contributed by atoms with Crippen LogP contribution < -0.4 is 20.1 Å². The number of carbonyl (C=O) groups excluding carboxylic acids is 2. The minimum Gasteiger partial charge on any atom is -0.480 e. The molecule has 0 radical (unpaired) electrons. The van der Waals surface area contributed by atoms with E-state index in [0.29, 0.717) is 25.7 Å². The molecule has 286 valence electrons. The lowest BCUT2D eigenvalue weighted by atomic mass is 9.84.